The van der Waals surface area contributed by atoms with Crippen LogP contribution in [0.15, 0.2) is 18.2 Å². The van der Waals surface area contributed by atoms with Crippen molar-refractivity contribution in [1.29, 1.82) is 0 Å². The number of benzene rings is 1. The molecule has 1 amide bonds. The third-order valence-electron chi connectivity index (χ3n) is 4.12. The van der Waals surface area contributed by atoms with Gasteiger partial charge in [-0.2, -0.15) is 0 Å². The van der Waals surface area contributed by atoms with Gasteiger partial charge in [-0.1, -0.05) is 12.1 Å². The zero-order chi connectivity index (χ0) is 13.4. The van der Waals surface area contributed by atoms with Crippen molar-refractivity contribution >= 4 is 11.6 Å². The molecule has 1 aliphatic heterocycles. The van der Waals surface area contributed by atoms with Crippen LogP contribution in [0.4, 0.5) is 5.69 Å². The highest BCUT2D eigenvalue weighted by atomic mass is 16.2. The fourth-order valence-electron chi connectivity index (χ4n) is 2.67. The van der Waals surface area contributed by atoms with Crippen LogP contribution in [0.1, 0.15) is 30.0 Å². The highest BCUT2D eigenvalue weighted by Gasteiger charge is 2.26. The SMILES string of the molecule is CNC(CNC1CC1)c1ccc2c(c1)CC(=O)N2C. The van der Waals surface area contributed by atoms with Gasteiger partial charge in [0.25, 0.3) is 0 Å². The molecular weight excluding hydrogens is 238 g/mol. The minimum absolute atomic E-state index is 0.185. The number of nitrogens with one attached hydrogen (secondary N) is 2. The molecule has 1 heterocycles. The van der Waals surface area contributed by atoms with Crippen molar-refractivity contribution in [1.82, 2.24) is 10.6 Å². The Morgan fingerprint density at radius 2 is 2.21 bits per heavy atom. The van der Waals surface area contributed by atoms with Gasteiger partial charge in [-0.25, -0.2) is 0 Å². The van der Waals surface area contributed by atoms with Gasteiger partial charge in [-0.05, 0) is 37.1 Å². The van der Waals surface area contributed by atoms with Crippen LogP contribution in [-0.2, 0) is 11.2 Å². The number of hydrogen-bond acceptors (Lipinski definition) is 3. The van der Waals surface area contributed by atoms with Crippen LogP contribution in [0.2, 0.25) is 0 Å². The van der Waals surface area contributed by atoms with E-state index < -0.39 is 0 Å². The van der Waals surface area contributed by atoms with E-state index in [1.165, 1.54) is 18.4 Å². The number of fused-ring (bicyclic) bond motifs is 1. The van der Waals surface area contributed by atoms with Gasteiger partial charge >= 0.3 is 0 Å². The summed E-state index contributed by atoms with van der Waals surface area (Å²) in [6.45, 7) is 0.948. The molecule has 0 radical (unpaired) electrons. The Morgan fingerprint density at radius 1 is 1.42 bits per heavy atom. The number of hydrogen-bond donors (Lipinski definition) is 2. The Morgan fingerprint density at radius 3 is 2.89 bits per heavy atom. The zero-order valence-electron chi connectivity index (χ0n) is 11.6. The highest BCUT2D eigenvalue weighted by Crippen LogP contribution is 2.30. The maximum Gasteiger partial charge on any atom is 0.231 e. The van der Waals surface area contributed by atoms with E-state index in [1.54, 1.807) is 4.90 Å². The molecule has 1 atom stereocenters. The van der Waals surface area contributed by atoms with Crippen LogP contribution >= 0.6 is 0 Å². The molecular formula is C15H21N3O. The fraction of sp³-hybridized carbons (Fsp3) is 0.533. The van der Waals surface area contributed by atoms with Crippen LogP contribution < -0.4 is 15.5 Å². The molecule has 3 rings (SSSR count). The van der Waals surface area contributed by atoms with Crippen LogP contribution in [0.25, 0.3) is 0 Å². The summed E-state index contributed by atoms with van der Waals surface area (Å²) >= 11 is 0. The first-order valence-corrected chi connectivity index (χ1v) is 6.99. The molecule has 4 nitrogen and oxygen atoms in total. The van der Waals surface area contributed by atoms with Crippen molar-refractivity contribution in [2.75, 3.05) is 25.5 Å². The molecule has 1 fully saturated rings. The van der Waals surface area contributed by atoms with Crippen LogP contribution in [0.3, 0.4) is 0 Å². The molecule has 1 unspecified atom stereocenters. The second-order valence-electron chi connectivity index (χ2n) is 5.54. The lowest BCUT2D eigenvalue weighted by Gasteiger charge is -2.19. The predicted molar refractivity (Wildman–Crippen MR) is 76.4 cm³/mol. The van der Waals surface area contributed by atoms with Gasteiger partial charge in [-0.15, -0.1) is 0 Å². The summed E-state index contributed by atoms with van der Waals surface area (Å²) in [6, 6.07) is 7.40. The van der Waals surface area contributed by atoms with Gasteiger partial charge in [0, 0.05) is 31.4 Å². The van der Waals surface area contributed by atoms with E-state index in [2.05, 4.69) is 28.8 Å². The topological polar surface area (TPSA) is 44.4 Å². The summed E-state index contributed by atoms with van der Waals surface area (Å²) in [7, 11) is 3.84. The molecule has 102 valence electrons. The second kappa shape index (κ2) is 4.94. The van der Waals surface area contributed by atoms with E-state index in [-0.39, 0.29) is 5.91 Å². The first-order chi connectivity index (χ1) is 9.19. The van der Waals surface area contributed by atoms with Crippen molar-refractivity contribution in [3.63, 3.8) is 0 Å². The van der Waals surface area contributed by atoms with Crippen molar-refractivity contribution in [3.05, 3.63) is 29.3 Å². The Bertz CT molecular complexity index is 496. The van der Waals surface area contributed by atoms with Crippen molar-refractivity contribution < 1.29 is 4.79 Å². The van der Waals surface area contributed by atoms with E-state index >= 15 is 0 Å². The lowest BCUT2D eigenvalue weighted by molar-refractivity contribution is -0.117. The quantitative estimate of drug-likeness (QED) is 0.835. The number of nitrogens with zero attached hydrogens (tertiary/aromatic N) is 1. The minimum atomic E-state index is 0.185. The first-order valence-electron chi connectivity index (χ1n) is 6.99. The van der Waals surface area contributed by atoms with E-state index in [0.717, 1.165) is 23.8 Å². The van der Waals surface area contributed by atoms with Crippen LogP contribution in [0, 0.1) is 0 Å². The molecule has 1 aliphatic carbocycles. The number of likely N-dealkylation sites (N-methyl/N-ethyl adjacent to an activating group) is 2. The van der Waals surface area contributed by atoms with Gasteiger partial charge < -0.3 is 15.5 Å². The molecule has 2 N–H and O–H groups in total. The minimum Gasteiger partial charge on any atom is -0.315 e. The normalized spacial score (nSPS) is 19.7. The van der Waals surface area contributed by atoms with E-state index in [1.807, 2.05) is 14.1 Å². The Kier molecular flexibility index (Phi) is 3.29. The molecule has 1 saturated carbocycles. The molecule has 4 heteroatoms. The summed E-state index contributed by atoms with van der Waals surface area (Å²) in [4.78, 5) is 13.4. The summed E-state index contributed by atoms with van der Waals surface area (Å²) in [5.74, 6) is 0.185. The summed E-state index contributed by atoms with van der Waals surface area (Å²) in [5, 5.41) is 6.91. The van der Waals surface area contributed by atoms with Gasteiger partial charge in [0.2, 0.25) is 5.91 Å². The van der Waals surface area contributed by atoms with Crippen molar-refractivity contribution in [2.24, 2.45) is 0 Å². The lowest BCUT2D eigenvalue weighted by atomic mass is 10.0. The number of amides is 1. The van der Waals surface area contributed by atoms with Crippen molar-refractivity contribution in [3.8, 4) is 0 Å². The van der Waals surface area contributed by atoms with E-state index in [4.69, 9.17) is 0 Å². The van der Waals surface area contributed by atoms with E-state index in [0.29, 0.717) is 12.5 Å². The molecule has 1 aromatic carbocycles. The average Bonchev–Trinajstić information content (AvgIpc) is 3.18. The first kappa shape index (κ1) is 12.6. The largest absolute Gasteiger partial charge is 0.315 e. The molecule has 2 aliphatic rings. The van der Waals surface area contributed by atoms with Crippen LogP contribution in [0.5, 0.6) is 0 Å². The maximum absolute atomic E-state index is 11.7. The number of rotatable bonds is 5. The van der Waals surface area contributed by atoms with Gasteiger partial charge in [-0.3, -0.25) is 4.79 Å². The van der Waals surface area contributed by atoms with E-state index in [9.17, 15) is 4.79 Å². The Labute approximate surface area is 114 Å². The highest BCUT2D eigenvalue weighted by molar-refractivity contribution is 6.00. The fourth-order valence-corrected chi connectivity index (χ4v) is 2.67. The molecule has 0 aromatic heterocycles. The molecule has 0 bridgehead atoms. The predicted octanol–water partition coefficient (Wildman–Crippen LogP) is 1.22. The van der Waals surface area contributed by atoms with Gasteiger partial charge in [0.1, 0.15) is 0 Å². The lowest BCUT2D eigenvalue weighted by Crippen LogP contribution is -2.30. The average molecular weight is 259 g/mol. The summed E-state index contributed by atoms with van der Waals surface area (Å²) in [6.07, 6.45) is 3.14. The van der Waals surface area contributed by atoms with Gasteiger partial charge in [0.15, 0.2) is 0 Å². The number of carbonyl (C=O) groups excluding carboxylic acids is 1. The van der Waals surface area contributed by atoms with Crippen molar-refractivity contribution in [2.45, 2.75) is 31.3 Å². The third kappa shape index (κ3) is 2.51. The third-order valence-corrected chi connectivity index (χ3v) is 4.12. The second-order valence-corrected chi connectivity index (χ2v) is 5.54. The Hall–Kier alpha value is -1.39. The van der Waals surface area contributed by atoms with Crippen LogP contribution in [-0.4, -0.2) is 32.6 Å². The van der Waals surface area contributed by atoms with Gasteiger partial charge in [0.05, 0.1) is 6.42 Å². The maximum atomic E-state index is 11.7. The number of carbonyl (C=O) groups is 1. The smallest absolute Gasteiger partial charge is 0.231 e. The molecule has 0 saturated heterocycles. The molecule has 19 heavy (non-hydrogen) atoms. The molecule has 0 spiro atoms. The number of anilines is 1. The standard InChI is InChI=1S/C15H21N3O/c1-16-13(9-17-12-4-5-12)10-3-6-14-11(7-10)8-15(19)18(14)2/h3,6-7,12-13,16-17H,4-5,8-9H2,1-2H3. The Balaban J connectivity index is 1.76. The zero-order valence-corrected chi connectivity index (χ0v) is 11.6. The summed E-state index contributed by atoms with van der Waals surface area (Å²) in [5.41, 5.74) is 3.47. The molecule has 1 aromatic rings. The summed E-state index contributed by atoms with van der Waals surface area (Å²) < 4.78 is 0. The monoisotopic (exact) mass is 259 g/mol.